The minimum atomic E-state index is -0.948. The Morgan fingerprint density at radius 3 is 2.14 bits per heavy atom. The minimum absolute atomic E-state index is 0.0246. The Balaban J connectivity index is 2.23. The number of benzene rings is 2. The van der Waals surface area contributed by atoms with Crippen molar-refractivity contribution in [1.82, 2.24) is 4.90 Å². The van der Waals surface area contributed by atoms with Gasteiger partial charge in [-0.25, -0.2) is 0 Å². The number of carbonyl (C=O) groups excluding carboxylic acids is 2. The number of ketones is 1. The van der Waals surface area contributed by atoms with Crippen molar-refractivity contribution < 1.29 is 38.4 Å². The van der Waals surface area contributed by atoms with E-state index in [0.29, 0.717) is 46.6 Å². The number of aliphatic hydroxyl groups is 1. The number of methoxy groups -OCH3 is 4. The molecule has 0 bridgehead atoms. The monoisotopic (exact) mass is 533 g/mol. The fourth-order valence-corrected chi connectivity index (χ4v) is 4.45. The molecule has 1 aliphatic heterocycles. The first kappa shape index (κ1) is 28.1. The summed E-state index contributed by atoms with van der Waals surface area (Å²) in [6.45, 7) is 4.44. The zero-order valence-corrected chi connectivity index (χ0v) is 22.5. The first-order valence-electron chi connectivity index (χ1n) is 11.7. The molecular weight excluding hydrogens is 502 g/mol. The lowest BCUT2D eigenvalue weighted by atomic mass is 9.94. The summed E-state index contributed by atoms with van der Waals surface area (Å²) in [5.74, 6) is -0.655. The molecule has 37 heavy (non-hydrogen) atoms. The Morgan fingerprint density at radius 1 is 0.973 bits per heavy atom. The predicted molar refractivity (Wildman–Crippen MR) is 139 cm³/mol. The first-order valence-corrected chi connectivity index (χ1v) is 12.1. The summed E-state index contributed by atoms with van der Waals surface area (Å²) in [4.78, 5) is 28.0. The van der Waals surface area contributed by atoms with Gasteiger partial charge in [0.25, 0.3) is 11.7 Å². The molecule has 2 aromatic carbocycles. The van der Waals surface area contributed by atoms with Crippen molar-refractivity contribution in [1.29, 1.82) is 0 Å². The fraction of sp³-hybridized carbons (Fsp3) is 0.407. The number of halogens is 1. The van der Waals surface area contributed by atoms with Crippen LogP contribution in [0.3, 0.4) is 0 Å². The highest BCUT2D eigenvalue weighted by molar-refractivity contribution is 6.46. The molecule has 0 spiro atoms. The summed E-state index contributed by atoms with van der Waals surface area (Å²) < 4.78 is 27.4. The molecule has 1 unspecified atom stereocenters. The van der Waals surface area contributed by atoms with E-state index in [-0.39, 0.29) is 23.8 Å². The molecule has 3 rings (SSSR count). The third kappa shape index (κ3) is 5.78. The standard InChI is InChI=1S/C27H32ClNO8/c1-15(2)37-11-7-10-29-23(16-12-20(34-4)26(36-6)21(13-16)35-5)22(25(31)27(29)32)24(30)18-14-17(28)8-9-19(18)33-3/h8-9,12-15,23,30H,7,10-11H2,1-6H3/b24-22+. The van der Waals surface area contributed by atoms with Crippen LogP contribution in [0.15, 0.2) is 35.9 Å². The molecule has 200 valence electrons. The van der Waals surface area contributed by atoms with E-state index in [9.17, 15) is 14.7 Å². The van der Waals surface area contributed by atoms with Gasteiger partial charge in [0, 0.05) is 18.2 Å². The zero-order valence-electron chi connectivity index (χ0n) is 21.8. The van der Waals surface area contributed by atoms with Gasteiger partial charge in [0.15, 0.2) is 11.5 Å². The Morgan fingerprint density at radius 2 is 1.59 bits per heavy atom. The number of amides is 1. The molecule has 1 N–H and O–H groups in total. The molecule has 0 radical (unpaired) electrons. The van der Waals surface area contributed by atoms with Gasteiger partial charge in [-0.2, -0.15) is 0 Å². The molecule has 1 heterocycles. The summed E-state index contributed by atoms with van der Waals surface area (Å²) in [6.07, 6.45) is 0.503. The van der Waals surface area contributed by atoms with Crippen LogP contribution >= 0.6 is 11.6 Å². The average molecular weight is 534 g/mol. The van der Waals surface area contributed by atoms with Crippen molar-refractivity contribution in [2.45, 2.75) is 32.4 Å². The Labute approximate surface area is 221 Å². The van der Waals surface area contributed by atoms with Crippen LogP contribution in [0.25, 0.3) is 5.76 Å². The number of nitrogens with zero attached hydrogens (tertiary/aromatic N) is 1. The number of carbonyl (C=O) groups is 2. The molecule has 0 aromatic heterocycles. The second-order valence-electron chi connectivity index (χ2n) is 8.57. The Kier molecular flexibility index (Phi) is 9.29. The molecule has 1 aliphatic rings. The zero-order chi connectivity index (χ0) is 27.3. The summed E-state index contributed by atoms with van der Waals surface area (Å²) >= 11 is 6.18. The van der Waals surface area contributed by atoms with Crippen LogP contribution in [0.5, 0.6) is 23.0 Å². The molecular formula is C27H32ClNO8. The van der Waals surface area contributed by atoms with E-state index in [2.05, 4.69) is 0 Å². The van der Waals surface area contributed by atoms with Crippen molar-refractivity contribution in [3.8, 4) is 23.0 Å². The van der Waals surface area contributed by atoms with Gasteiger partial charge in [-0.3, -0.25) is 9.59 Å². The average Bonchev–Trinajstić information content (AvgIpc) is 3.14. The first-order chi connectivity index (χ1) is 17.7. The van der Waals surface area contributed by atoms with E-state index < -0.39 is 23.5 Å². The number of likely N-dealkylation sites (tertiary alicyclic amines) is 1. The van der Waals surface area contributed by atoms with Gasteiger partial charge in [0.2, 0.25) is 5.75 Å². The summed E-state index contributed by atoms with van der Waals surface area (Å²) in [5.41, 5.74) is 0.569. The quantitative estimate of drug-likeness (QED) is 0.193. The van der Waals surface area contributed by atoms with E-state index >= 15 is 0 Å². The maximum Gasteiger partial charge on any atom is 0.295 e. The maximum atomic E-state index is 13.4. The number of hydrogen-bond donors (Lipinski definition) is 1. The van der Waals surface area contributed by atoms with Gasteiger partial charge in [-0.1, -0.05) is 11.6 Å². The number of aliphatic hydroxyl groups excluding tert-OH is 1. The highest BCUT2D eigenvalue weighted by Crippen LogP contribution is 2.46. The minimum Gasteiger partial charge on any atom is -0.507 e. The van der Waals surface area contributed by atoms with Crippen molar-refractivity contribution in [2.24, 2.45) is 0 Å². The molecule has 1 amide bonds. The molecule has 10 heteroatoms. The third-order valence-corrected chi connectivity index (χ3v) is 6.19. The van der Waals surface area contributed by atoms with Gasteiger partial charge in [-0.15, -0.1) is 0 Å². The predicted octanol–water partition coefficient (Wildman–Crippen LogP) is 4.61. The van der Waals surface area contributed by atoms with Crippen LogP contribution in [-0.4, -0.2) is 69.4 Å². The maximum absolute atomic E-state index is 13.4. The smallest absolute Gasteiger partial charge is 0.295 e. The molecule has 2 aromatic rings. The third-order valence-electron chi connectivity index (χ3n) is 5.95. The van der Waals surface area contributed by atoms with Crippen molar-refractivity contribution >= 4 is 29.1 Å². The lowest BCUT2D eigenvalue weighted by Crippen LogP contribution is -2.31. The van der Waals surface area contributed by atoms with E-state index in [1.807, 2.05) is 13.8 Å². The van der Waals surface area contributed by atoms with E-state index in [1.165, 1.54) is 39.4 Å². The second kappa shape index (κ2) is 12.2. The van der Waals surface area contributed by atoms with Crippen molar-refractivity contribution in [3.05, 3.63) is 52.1 Å². The van der Waals surface area contributed by atoms with Crippen LogP contribution in [0.1, 0.15) is 37.4 Å². The molecule has 1 atom stereocenters. The molecule has 0 saturated carbocycles. The molecule has 0 aliphatic carbocycles. The molecule has 1 saturated heterocycles. The second-order valence-corrected chi connectivity index (χ2v) is 9.01. The molecule has 1 fully saturated rings. The van der Waals surface area contributed by atoms with E-state index in [1.54, 1.807) is 24.3 Å². The van der Waals surface area contributed by atoms with Crippen LogP contribution in [0, 0.1) is 0 Å². The highest BCUT2D eigenvalue weighted by atomic mass is 35.5. The van der Waals surface area contributed by atoms with Crippen LogP contribution < -0.4 is 18.9 Å². The Hall–Kier alpha value is -3.43. The van der Waals surface area contributed by atoms with Gasteiger partial charge in [0.05, 0.1) is 51.7 Å². The summed E-state index contributed by atoms with van der Waals surface area (Å²) in [5, 5.41) is 11.7. The normalized spacial score (nSPS) is 16.9. The lowest BCUT2D eigenvalue weighted by Gasteiger charge is -2.27. The lowest BCUT2D eigenvalue weighted by molar-refractivity contribution is -0.140. The van der Waals surface area contributed by atoms with Crippen molar-refractivity contribution in [2.75, 3.05) is 41.6 Å². The van der Waals surface area contributed by atoms with Gasteiger partial charge in [-0.05, 0) is 56.2 Å². The number of hydrogen-bond acceptors (Lipinski definition) is 8. The van der Waals surface area contributed by atoms with E-state index in [0.717, 1.165) is 0 Å². The van der Waals surface area contributed by atoms with Crippen molar-refractivity contribution in [3.63, 3.8) is 0 Å². The largest absolute Gasteiger partial charge is 0.507 e. The molecule has 9 nitrogen and oxygen atoms in total. The van der Waals surface area contributed by atoms with Crippen LogP contribution in [0.4, 0.5) is 0 Å². The van der Waals surface area contributed by atoms with Crippen LogP contribution in [-0.2, 0) is 14.3 Å². The van der Waals surface area contributed by atoms with E-state index in [4.69, 9.17) is 35.3 Å². The van der Waals surface area contributed by atoms with Gasteiger partial charge >= 0.3 is 0 Å². The SMILES string of the molecule is COc1ccc(Cl)cc1/C(O)=C1\C(=O)C(=O)N(CCCOC(C)C)C1c1cc(OC)c(OC)c(OC)c1. The number of ether oxygens (including phenoxy) is 5. The number of rotatable bonds is 11. The highest BCUT2D eigenvalue weighted by Gasteiger charge is 2.46. The summed E-state index contributed by atoms with van der Waals surface area (Å²) in [7, 11) is 5.85. The van der Waals surface area contributed by atoms with Crippen LogP contribution in [0.2, 0.25) is 5.02 Å². The summed E-state index contributed by atoms with van der Waals surface area (Å²) in [6, 6.07) is 7.00. The fourth-order valence-electron chi connectivity index (χ4n) is 4.28. The number of Topliss-reactive ketones (excluding diaryl/α,β-unsaturated/α-hetero) is 1. The van der Waals surface area contributed by atoms with Gasteiger partial charge < -0.3 is 33.7 Å². The Bertz CT molecular complexity index is 1170. The van der Waals surface area contributed by atoms with Gasteiger partial charge in [0.1, 0.15) is 11.5 Å². The topological polar surface area (TPSA) is 104 Å².